The highest BCUT2D eigenvalue weighted by Gasteiger charge is 2.24. The van der Waals surface area contributed by atoms with Gasteiger partial charge in [-0.25, -0.2) is 0 Å². The minimum absolute atomic E-state index is 0.0641. The predicted molar refractivity (Wildman–Crippen MR) is 84.0 cm³/mol. The second kappa shape index (κ2) is 5.80. The van der Waals surface area contributed by atoms with E-state index in [0.717, 1.165) is 12.1 Å². The molecule has 1 aromatic heterocycles. The summed E-state index contributed by atoms with van der Waals surface area (Å²) >= 11 is 0. The fraction of sp³-hybridized carbons (Fsp3) is 0.471. The summed E-state index contributed by atoms with van der Waals surface area (Å²) in [7, 11) is 0. The Kier molecular flexibility index (Phi) is 4.29. The van der Waals surface area contributed by atoms with Crippen LogP contribution in [0.5, 0.6) is 0 Å². The number of hydrogen-bond donors (Lipinski definition) is 1. The highest BCUT2D eigenvalue weighted by molar-refractivity contribution is 5.30. The number of nitrogens with two attached hydrogens (primary N) is 1. The van der Waals surface area contributed by atoms with Gasteiger partial charge in [0, 0.05) is 11.7 Å². The van der Waals surface area contributed by atoms with Crippen molar-refractivity contribution in [3.05, 3.63) is 52.3 Å². The number of rotatable bonds is 4. The lowest BCUT2D eigenvalue weighted by Gasteiger charge is -2.25. The standard InChI is InChI=1S/C17H25N3/c1-6-16(18)17(15-9-7-8-11(2)10-15)20-14(5)12(3)13(4)19-20/h7-10,16-17H,6,18H2,1-5H3. The van der Waals surface area contributed by atoms with Gasteiger partial charge >= 0.3 is 0 Å². The summed E-state index contributed by atoms with van der Waals surface area (Å²) in [5, 5.41) is 4.72. The Morgan fingerprint density at radius 3 is 2.40 bits per heavy atom. The molecule has 0 saturated carbocycles. The minimum atomic E-state index is 0.0641. The zero-order valence-corrected chi connectivity index (χ0v) is 13.1. The topological polar surface area (TPSA) is 43.8 Å². The van der Waals surface area contributed by atoms with Gasteiger partial charge in [-0.15, -0.1) is 0 Å². The zero-order valence-electron chi connectivity index (χ0n) is 13.1. The van der Waals surface area contributed by atoms with Gasteiger partial charge in [0.1, 0.15) is 0 Å². The average molecular weight is 271 g/mol. The molecule has 0 bridgehead atoms. The first kappa shape index (κ1) is 14.8. The van der Waals surface area contributed by atoms with E-state index in [9.17, 15) is 0 Å². The molecule has 0 aliphatic carbocycles. The van der Waals surface area contributed by atoms with Crippen LogP contribution < -0.4 is 5.73 Å². The first-order chi connectivity index (χ1) is 9.45. The summed E-state index contributed by atoms with van der Waals surface area (Å²) in [6.07, 6.45) is 0.927. The van der Waals surface area contributed by atoms with Gasteiger partial charge in [0.05, 0.1) is 11.7 Å². The Hall–Kier alpha value is -1.61. The molecule has 0 amide bonds. The van der Waals surface area contributed by atoms with Gasteiger partial charge in [0.25, 0.3) is 0 Å². The predicted octanol–water partition coefficient (Wildman–Crippen LogP) is 3.44. The van der Waals surface area contributed by atoms with E-state index in [1.807, 2.05) is 0 Å². The number of aromatic nitrogens is 2. The Labute approximate surface area is 121 Å². The van der Waals surface area contributed by atoms with Crippen LogP contribution in [0.2, 0.25) is 0 Å². The molecule has 1 aromatic carbocycles. The summed E-state index contributed by atoms with van der Waals surface area (Å²) in [5.41, 5.74) is 12.4. The molecule has 0 radical (unpaired) electrons. The van der Waals surface area contributed by atoms with Crippen LogP contribution in [0.15, 0.2) is 24.3 Å². The van der Waals surface area contributed by atoms with E-state index in [4.69, 9.17) is 10.8 Å². The lowest BCUT2D eigenvalue weighted by molar-refractivity contribution is 0.415. The molecule has 0 saturated heterocycles. The molecule has 108 valence electrons. The first-order valence-corrected chi connectivity index (χ1v) is 7.30. The van der Waals surface area contributed by atoms with Gasteiger partial charge in [0.15, 0.2) is 0 Å². The fourth-order valence-electron chi connectivity index (χ4n) is 2.66. The fourth-order valence-corrected chi connectivity index (χ4v) is 2.66. The normalized spacial score (nSPS) is 14.3. The molecular weight excluding hydrogens is 246 g/mol. The van der Waals surface area contributed by atoms with E-state index in [0.29, 0.717) is 0 Å². The highest BCUT2D eigenvalue weighted by Crippen LogP contribution is 2.26. The first-order valence-electron chi connectivity index (χ1n) is 7.30. The van der Waals surface area contributed by atoms with Gasteiger partial charge in [-0.2, -0.15) is 5.10 Å². The Morgan fingerprint density at radius 1 is 1.20 bits per heavy atom. The van der Waals surface area contributed by atoms with Crippen molar-refractivity contribution in [2.45, 2.75) is 53.1 Å². The van der Waals surface area contributed by atoms with Crippen LogP contribution in [0.3, 0.4) is 0 Å². The molecule has 0 aliphatic rings. The van der Waals surface area contributed by atoms with Crippen molar-refractivity contribution in [3.63, 3.8) is 0 Å². The van der Waals surface area contributed by atoms with Gasteiger partial charge in [-0.1, -0.05) is 36.8 Å². The molecule has 1 heterocycles. The van der Waals surface area contributed by atoms with Crippen LogP contribution in [0.4, 0.5) is 0 Å². The SMILES string of the molecule is CCC(N)C(c1cccc(C)c1)n1nc(C)c(C)c1C. The second-order valence-corrected chi connectivity index (χ2v) is 5.67. The molecule has 20 heavy (non-hydrogen) atoms. The molecule has 2 rings (SSSR count). The smallest absolute Gasteiger partial charge is 0.0922 e. The average Bonchev–Trinajstić information content (AvgIpc) is 2.67. The quantitative estimate of drug-likeness (QED) is 0.925. The second-order valence-electron chi connectivity index (χ2n) is 5.67. The number of benzene rings is 1. The van der Waals surface area contributed by atoms with E-state index < -0.39 is 0 Å². The van der Waals surface area contributed by atoms with Crippen molar-refractivity contribution in [1.29, 1.82) is 0 Å². The Bertz CT molecular complexity index is 598. The van der Waals surface area contributed by atoms with Crippen LogP contribution in [-0.2, 0) is 0 Å². The molecule has 2 unspecified atom stereocenters. The Morgan fingerprint density at radius 2 is 1.90 bits per heavy atom. The molecule has 0 spiro atoms. The molecule has 3 nitrogen and oxygen atoms in total. The van der Waals surface area contributed by atoms with Crippen LogP contribution >= 0.6 is 0 Å². The van der Waals surface area contributed by atoms with Crippen LogP contribution in [0.25, 0.3) is 0 Å². The number of hydrogen-bond acceptors (Lipinski definition) is 2. The van der Waals surface area contributed by atoms with Crippen molar-refractivity contribution < 1.29 is 0 Å². The van der Waals surface area contributed by atoms with Crippen molar-refractivity contribution in [3.8, 4) is 0 Å². The summed E-state index contributed by atoms with van der Waals surface area (Å²) < 4.78 is 2.10. The van der Waals surface area contributed by atoms with Crippen molar-refractivity contribution in [1.82, 2.24) is 9.78 Å². The van der Waals surface area contributed by atoms with Crippen LogP contribution in [0, 0.1) is 27.7 Å². The molecule has 2 N–H and O–H groups in total. The summed E-state index contributed by atoms with van der Waals surface area (Å²) in [6.45, 7) is 10.6. The van der Waals surface area contributed by atoms with E-state index in [1.54, 1.807) is 0 Å². The van der Waals surface area contributed by atoms with Gasteiger partial charge in [0.2, 0.25) is 0 Å². The molecule has 3 heteroatoms. The maximum absolute atomic E-state index is 6.40. The van der Waals surface area contributed by atoms with Gasteiger partial charge < -0.3 is 5.73 Å². The molecular formula is C17H25N3. The van der Waals surface area contributed by atoms with E-state index >= 15 is 0 Å². The van der Waals surface area contributed by atoms with Crippen molar-refractivity contribution >= 4 is 0 Å². The lowest BCUT2D eigenvalue weighted by Crippen LogP contribution is -2.33. The zero-order chi connectivity index (χ0) is 14.9. The lowest BCUT2D eigenvalue weighted by atomic mass is 9.96. The monoisotopic (exact) mass is 271 g/mol. The van der Waals surface area contributed by atoms with Crippen LogP contribution in [-0.4, -0.2) is 15.8 Å². The highest BCUT2D eigenvalue weighted by atomic mass is 15.3. The van der Waals surface area contributed by atoms with E-state index in [2.05, 4.69) is 63.6 Å². The summed E-state index contributed by atoms with van der Waals surface area (Å²) in [5.74, 6) is 0. The van der Waals surface area contributed by atoms with E-state index in [1.165, 1.54) is 22.4 Å². The third-order valence-corrected chi connectivity index (χ3v) is 4.21. The third kappa shape index (κ3) is 2.63. The third-order valence-electron chi connectivity index (χ3n) is 4.21. The summed E-state index contributed by atoms with van der Waals surface area (Å²) in [6, 6.07) is 8.75. The molecule has 0 aliphatic heterocycles. The van der Waals surface area contributed by atoms with Gasteiger partial charge in [-0.05, 0) is 45.2 Å². The van der Waals surface area contributed by atoms with Crippen molar-refractivity contribution in [2.75, 3.05) is 0 Å². The minimum Gasteiger partial charge on any atom is -0.326 e. The largest absolute Gasteiger partial charge is 0.326 e. The number of nitrogens with zero attached hydrogens (tertiary/aromatic N) is 2. The summed E-state index contributed by atoms with van der Waals surface area (Å²) in [4.78, 5) is 0. The molecule has 2 aromatic rings. The van der Waals surface area contributed by atoms with Gasteiger partial charge in [-0.3, -0.25) is 4.68 Å². The Balaban J connectivity index is 2.56. The van der Waals surface area contributed by atoms with Crippen LogP contribution in [0.1, 0.15) is 47.5 Å². The molecule has 2 atom stereocenters. The maximum Gasteiger partial charge on any atom is 0.0922 e. The van der Waals surface area contributed by atoms with E-state index in [-0.39, 0.29) is 12.1 Å². The number of aryl methyl sites for hydroxylation is 2. The molecule has 0 fully saturated rings. The maximum atomic E-state index is 6.40. The van der Waals surface area contributed by atoms with Crippen molar-refractivity contribution in [2.24, 2.45) is 5.73 Å².